The van der Waals surface area contributed by atoms with Gasteiger partial charge >= 0.3 is 6.18 Å². The Labute approximate surface area is 90.6 Å². The first kappa shape index (κ1) is 11.4. The monoisotopic (exact) mass is 234 g/mol. The zero-order valence-electron chi connectivity index (χ0n) is 8.54. The predicted molar refractivity (Wildman–Crippen MR) is 53.9 cm³/mol. The molecule has 7 heteroatoms. The second kappa shape index (κ2) is 3.44. The third-order valence-electron chi connectivity index (χ3n) is 3.34. The summed E-state index contributed by atoms with van der Waals surface area (Å²) in [5, 5.41) is 0. The van der Waals surface area contributed by atoms with Gasteiger partial charge in [-0.2, -0.15) is 13.2 Å². The van der Waals surface area contributed by atoms with Gasteiger partial charge in [-0.15, -0.1) is 0 Å². The topological polar surface area (TPSA) is 76.8 Å². The number of amidine groups is 1. The van der Waals surface area contributed by atoms with E-state index in [9.17, 15) is 13.2 Å². The van der Waals surface area contributed by atoms with Gasteiger partial charge in [0.05, 0.1) is 0 Å². The molecule has 0 aromatic rings. The van der Waals surface area contributed by atoms with Crippen molar-refractivity contribution in [3.05, 3.63) is 0 Å². The van der Waals surface area contributed by atoms with Crippen molar-refractivity contribution in [1.82, 2.24) is 0 Å². The standard InChI is InChI=1S/C9H13F3N4/c10-9(11,12)8(5-2-1-3-5)4-15-7(14)16-6(8)13/h4-5,7H,1-3,14H2,(H2,13,16). The molecule has 2 unspecified atom stereocenters. The van der Waals surface area contributed by atoms with Gasteiger partial charge in [-0.05, 0) is 18.8 Å². The second-order valence-electron chi connectivity index (χ2n) is 4.20. The molecule has 2 atom stereocenters. The number of nitrogens with two attached hydrogens (primary N) is 2. The molecular weight excluding hydrogens is 221 g/mol. The van der Waals surface area contributed by atoms with Gasteiger partial charge in [0.25, 0.3) is 0 Å². The van der Waals surface area contributed by atoms with Crippen LogP contribution in [0.15, 0.2) is 9.98 Å². The first-order chi connectivity index (χ1) is 7.38. The molecule has 0 saturated heterocycles. The smallest absolute Gasteiger partial charge is 0.386 e. The molecule has 0 spiro atoms. The Hall–Kier alpha value is -1.11. The van der Waals surface area contributed by atoms with Gasteiger partial charge < -0.3 is 5.73 Å². The number of halogens is 3. The van der Waals surface area contributed by atoms with Crippen LogP contribution in [0.3, 0.4) is 0 Å². The van der Waals surface area contributed by atoms with Crippen molar-refractivity contribution < 1.29 is 13.2 Å². The van der Waals surface area contributed by atoms with E-state index < -0.39 is 29.6 Å². The summed E-state index contributed by atoms with van der Waals surface area (Å²) in [6, 6.07) is 0. The van der Waals surface area contributed by atoms with Crippen molar-refractivity contribution in [2.45, 2.75) is 31.7 Å². The summed E-state index contributed by atoms with van der Waals surface area (Å²) in [6.07, 6.45) is -2.83. The molecule has 2 aliphatic rings. The zero-order chi connectivity index (χ0) is 12.0. The van der Waals surface area contributed by atoms with Crippen LogP contribution in [0.25, 0.3) is 0 Å². The minimum absolute atomic E-state index is 0.452. The lowest BCUT2D eigenvalue weighted by atomic mass is 9.64. The van der Waals surface area contributed by atoms with Crippen LogP contribution in [0.2, 0.25) is 0 Å². The highest BCUT2D eigenvalue weighted by atomic mass is 19.4. The SMILES string of the molecule is NC1=NC(N)N=CC1(C1CCC1)C(F)(F)F. The first-order valence-electron chi connectivity index (χ1n) is 5.08. The number of rotatable bonds is 1. The Balaban J connectivity index is 2.43. The third kappa shape index (κ3) is 1.41. The molecule has 1 aliphatic heterocycles. The van der Waals surface area contributed by atoms with Crippen molar-refractivity contribution in [2.75, 3.05) is 0 Å². The predicted octanol–water partition coefficient (Wildman–Crippen LogP) is 1.02. The second-order valence-corrected chi connectivity index (χ2v) is 4.20. The van der Waals surface area contributed by atoms with Crippen LogP contribution in [-0.2, 0) is 0 Å². The highest BCUT2D eigenvalue weighted by Crippen LogP contribution is 2.51. The number of hydrogen-bond donors (Lipinski definition) is 2. The van der Waals surface area contributed by atoms with Crippen molar-refractivity contribution in [3.8, 4) is 0 Å². The molecule has 0 aromatic heterocycles. The molecule has 1 heterocycles. The summed E-state index contributed by atoms with van der Waals surface area (Å²) < 4.78 is 39.5. The molecule has 90 valence electrons. The highest BCUT2D eigenvalue weighted by Gasteiger charge is 2.63. The maximum Gasteiger partial charge on any atom is 0.406 e. The van der Waals surface area contributed by atoms with Crippen LogP contribution in [0.4, 0.5) is 13.2 Å². The normalized spacial score (nSPS) is 35.8. The number of nitrogens with zero attached hydrogens (tertiary/aromatic N) is 2. The van der Waals surface area contributed by atoms with E-state index in [1.807, 2.05) is 0 Å². The minimum Gasteiger partial charge on any atom is -0.386 e. The van der Waals surface area contributed by atoms with Gasteiger partial charge in [0.2, 0.25) is 0 Å². The fourth-order valence-electron chi connectivity index (χ4n) is 2.17. The van der Waals surface area contributed by atoms with E-state index in [4.69, 9.17) is 11.5 Å². The van der Waals surface area contributed by atoms with Crippen LogP contribution >= 0.6 is 0 Å². The Kier molecular flexibility index (Phi) is 2.45. The zero-order valence-corrected chi connectivity index (χ0v) is 8.54. The van der Waals surface area contributed by atoms with Crippen LogP contribution in [0, 0.1) is 11.3 Å². The Morgan fingerprint density at radius 3 is 2.38 bits per heavy atom. The van der Waals surface area contributed by atoms with Crippen molar-refractivity contribution in [2.24, 2.45) is 32.8 Å². The molecule has 16 heavy (non-hydrogen) atoms. The summed E-state index contributed by atoms with van der Waals surface area (Å²) in [6.45, 7) is 0. The Bertz CT molecular complexity index is 345. The molecule has 4 N–H and O–H groups in total. The van der Waals surface area contributed by atoms with Gasteiger partial charge in [0.15, 0.2) is 11.7 Å². The van der Waals surface area contributed by atoms with Crippen LogP contribution in [0.5, 0.6) is 0 Å². The fourth-order valence-corrected chi connectivity index (χ4v) is 2.17. The van der Waals surface area contributed by atoms with E-state index in [0.717, 1.165) is 12.6 Å². The van der Waals surface area contributed by atoms with Gasteiger partial charge in [0, 0.05) is 6.21 Å². The van der Waals surface area contributed by atoms with E-state index in [1.54, 1.807) is 0 Å². The van der Waals surface area contributed by atoms with E-state index >= 15 is 0 Å². The van der Waals surface area contributed by atoms with Crippen LogP contribution < -0.4 is 11.5 Å². The van der Waals surface area contributed by atoms with Crippen LogP contribution in [0.1, 0.15) is 19.3 Å². The molecule has 2 rings (SSSR count). The maximum atomic E-state index is 13.2. The van der Waals surface area contributed by atoms with Crippen LogP contribution in [-0.4, -0.2) is 24.5 Å². The lowest BCUT2D eigenvalue weighted by Gasteiger charge is -2.44. The van der Waals surface area contributed by atoms with Gasteiger partial charge in [-0.3, -0.25) is 10.7 Å². The number of aliphatic imine (C=N–C) groups is 2. The summed E-state index contributed by atoms with van der Waals surface area (Å²) in [4.78, 5) is 7.13. The lowest BCUT2D eigenvalue weighted by molar-refractivity contribution is -0.196. The third-order valence-corrected chi connectivity index (χ3v) is 3.34. The highest BCUT2D eigenvalue weighted by molar-refractivity contribution is 6.03. The summed E-state index contributed by atoms with van der Waals surface area (Å²) in [5.41, 5.74) is 8.58. The average Bonchev–Trinajstić information content (AvgIpc) is 2.04. The molecule has 1 saturated carbocycles. The molecule has 1 aliphatic carbocycles. The largest absolute Gasteiger partial charge is 0.406 e. The number of alkyl halides is 3. The molecule has 0 bridgehead atoms. The Morgan fingerprint density at radius 2 is 2.00 bits per heavy atom. The van der Waals surface area contributed by atoms with E-state index in [2.05, 4.69) is 9.98 Å². The first-order valence-corrected chi connectivity index (χ1v) is 5.08. The van der Waals surface area contributed by atoms with Gasteiger partial charge in [0.1, 0.15) is 5.84 Å². The molecule has 0 radical (unpaired) electrons. The summed E-state index contributed by atoms with van der Waals surface area (Å²) in [5.74, 6) is -1.00. The maximum absolute atomic E-state index is 13.2. The van der Waals surface area contributed by atoms with Crippen molar-refractivity contribution in [1.29, 1.82) is 0 Å². The summed E-state index contributed by atoms with van der Waals surface area (Å²) >= 11 is 0. The lowest BCUT2D eigenvalue weighted by Crippen LogP contribution is -2.58. The van der Waals surface area contributed by atoms with Gasteiger partial charge in [-0.1, -0.05) is 6.42 Å². The molecule has 0 aromatic carbocycles. The van der Waals surface area contributed by atoms with E-state index in [-0.39, 0.29) is 0 Å². The van der Waals surface area contributed by atoms with E-state index in [0.29, 0.717) is 12.8 Å². The van der Waals surface area contributed by atoms with Crippen molar-refractivity contribution in [3.63, 3.8) is 0 Å². The average molecular weight is 234 g/mol. The van der Waals surface area contributed by atoms with Crippen molar-refractivity contribution >= 4 is 12.1 Å². The quantitative estimate of drug-likeness (QED) is 0.710. The molecule has 4 nitrogen and oxygen atoms in total. The number of hydrogen-bond acceptors (Lipinski definition) is 4. The minimum atomic E-state index is -4.46. The molecule has 0 amide bonds. The summed E-state index contributed by atoms with van der Waals surface area (Å²) in [7, 11) is 0. The Morgan fingerprint density at radius 1 is 1.38 bits per heavy atom. The fraction of sp³-hybridized carbons (Fsp3) is 0.778. The molecule has 1 fully saturated rings. The molecular formula is C9H13F3N4. The van der Waals surface area contributed by atoms with Gasteiger partial charge in [-0.25, -0.2) is 4.99 Å². The van der Waals surface area contributed by atoms with E-state index in [1.165, 1.54) is 0 Å².